The van der Waals surface area contributed by atoms with Crippen LogP contribution in [0.3, 0.4) is 0 Å². The minimum absolute atomic E-state index is 1.36. The topological polar surface area (TPSA) is 0 Å². The van der Waals surface area contributed by atoms with Gasteiger partial charge in [-0.1, -0.05) is 0 Å². The van der Waals surface area contributed by atoms with Gasteiger partial charge in [0.15, 0.2) is 0 Å². The van der Waals surface area contributed by atoms with E-state index < -0.39 is 0 Å². The summed E-state index contributed by atoms with van der Waals surface area (Å²) in [6, 6.07) is 0. The summed E-state index contributed by atoms with van der Waals surface area (Å²) in [5, 5.41) is 0. The third-order valence-electron chi connectivity index (χ3n) is 0.145. The van der Waals surface area contributed by atoms with Crippen LogP contribution in [0.15, 0.2) is 0 Å². The summed E-state index contributed by atoms with van der Waals surface area (Å²) < 4.78 is 0. The van der Waals surface area contributed by atoms with Crippen molar-refractivity contribution < 1.29 is 0 Å². The number of hydrogen-bond acceptors (Lipinski definition) is 0. The fourth-order valence-corrected chi connectivity index (χ4v) is 2.41. The molecule has 0 N–H and O–H groups in total. The van der Waals surface area contributed by atoms with E-state index in [0.29, 0.717) is 0 Å². The molecular weight excluding hydrogens is 213 g/mol. The first kappa shape index (κ1) is 6.31. The first-order valence-corrected chi connectivity index (χ1v) is 6.33. The molecular formula is CH3BIPS. The summed E-state index contributed by atoms with van der Waals surface area (Å²) in [5.74, 6) is 0. The van der Waals surface area contributed by atoms with Crippen LogP contribution in [0.25, 0.3) is 0 Å². The molecule has 0 aliphatic rings. The van der Waals surface area contributed by atoms with Crippen molar-refractivity contribution >= 4 is 43.6 Å². The molecule has 0 rings (SSSR count). The molecule has 0 aromatic carbocycles. The zero-order valence-electron chi connectivity index (χ0n) is 2.81. The zero-order valence-corrected chi connectivity index (χ0v) is 6.68. The van der Waals surface area contributed by atoms with Gasteiger partial charge < -0.3 is 0 Å². The van der Waals surface area contributed by atoms with Crippen molar-refractivity contribution in [3.05, 3.63) is 0 Å². The Morgan fingerprint density at radius 3 is 2.60 bits per heavy atom. The van der Waals surface area contributed by atoms with E-state index in [9.17, 15) is 0 Å². The Labute approximate surface area is 50.3 Å². The van der Waals surface area contributed by atoms with Gasteiger partial charge >= 0.3 is 50.4 Å². The predicted molar refractivity (Wildman–Crippen MR) is 39.9 cm³/mol. The van der Waals surface area contributed by atoms with E-state index in [1.165, 1.54) is 5.00 Å². The van der Waals surface area contributed by atoms with Crippen molar-refractivity contribution in [2.24, 2.45) is 0 Å². The molecule has 0 unspecified atom stereocenters. The van der Waals surface area contributed by atoms with E-state index in [-0.39, 0.29) is 0 Å². The van der Waals surface area contributed by atoms with Crippen molar-refractivity contribution in [1.82, 2.24) is 0 Å². The molecule has 0 heterocycles. The number of hydrogen-bond donors (Lipinski definition) is 0. The van der Waals surface area contributed by atoms with Crippen LogP contribution >= 0.6 is 27.0 Å². The Balaban J connectivity index is 3.26. The quantitative estimate of drug-likeness (QED) is 0.329. The SMILES string of the molecule is CB=S=PI. The summed E-state index contributed by atoms with van der Waals surface area (Å²) in [6.45, 7) is 2.04. The molecule has 0 aliphatic heterocycles. The van der Waals surface area contributed by atoms with Crippen molar-refractivity contribution in [3.63, 3.8) is 0 Å². The first-order chi connectivity index (χ1) is 2.41. The van der Waals surface area contributed by atoms with Gasteiger partial charge in [0.2, 0.25) is 0 Å². The van der Waals surface area contributed by atoms with Gasteiger partial charge in [0.25, 0.3) is 0 Å². The summed E-state index contributed by atoms with van der Waals surface area (Å²) >= 11 is 2.29. The van der Waals surface area contributed by atoms with Gasteiger partial charge in [0.05, 0.1) is 0 Å². The van der Waals surface area contributed by atoms with Crippen LogP contribution in [-0.4, -0.2) is 6.15 Å². The molecule has 28 valence electrons. The van der Waals surface area contributed by atoms with E-state index >= 15 is 0 Å². The summed E-state index contributed by atoms with van der Waals surface area (Å²) in [6.07, 6.45) is 2.08. The van der Waals surface area contributed by atoms with Gasteiger partial charge in [-0.25, -0.2) is 0 Å². The van der Waals surface area contributed by atoms with Crippen molar-refractivity contribution in [2.45, 2.75) is 6.82 Å². The van der Waals surface area contributed by atoms with Crippen molar-refractivity contribution in [1.29, 1.82) is 0 Å². The van der Waals surface area contributed by atoms with Crippen molar-refractivity contribution in [2.75, 3.05) is 0 Å². The van der Waals surface area contributed by atoms with Gasteiger partial charge in [0.1, 0.15) is 0 Å². The third kappa shape index (κ3) is 5.31. The Morgan fingerprint density at radius 2 is 2.60 bits per heavy atom. The average Bonchev–Trinajstić information content (AvgIpc) is 1.41. The second kappa shape index (κ2) is 5.31. The predicted octanol–water partition coefficient (Wildman–Crippen LogP) is 1.95. The minimum atomic E-state index is 1.36. The molecule has 0 aromatic heterocycles. The summed E-state index contributed by atoms with van der Waals surface area (Å²) in [5.41, 5.74) is 0. The maximum atomic E-state index is 2.29. The van der Waals surface area contributed by atoms with Crippen LogP contribution in [0.2, 0.25) is 6.82 Å². The molecule has 0 nitrogen and oxygen atoms in total. The van der Waals surface area contributed by atoms with Gasteiger partial charge in [-0.15, -0.1) is 0 Å². The number of halogens is 1. The van der Waals surface area contributed by atoms with E-state index in [4.69, 9.17) is 0 Å². The van der Waals surface area contributed by atoms with Gasteiger partial charge in [-0.3, -0.25) is 0 Å². The average molecular weight is 216 g/mol. The Bertz CT molecular complexity index is 60.0. The van der Waals surface area contributed by atoms with Crippen LogP contribution < -0.4 is 0 Å². The number of rotatable bonds is 0. The molecule has 0 fully saturated rings. The fourth-order valence-electron chi connectivity index (χ4n) is 0.0398. The van der Waals surface area contributed by atoms with Crippen LogP contribution in [0.1, 0.15) is 0 Å². The molecule has 0 saturated heterocycles. The van der Waals surface area contributed by atoms with Crippen molar-refractivity contribution in [3.8, 4) is 0 Å². The van der Waals surface area contributed by atoms with Gasteiger partial charge in [-0.05, 0) is 0 Å². The monoisotopic (exact) mass is 216 g/mol. The molecule has 5 heavy (non-hydrogen) atoms. The Kier molecular flexibility index (Phi) is 6.71. The second-order valence-electron chi connectivity index (χ2n) is 0.410. The molecule has 4 heteroatoms. The standard InChI is InChI=1S/CH3BIPS/c1-2-5-4-3/h1H3. The van der Waals surface area contributed by atoms with Crippen LogP contribution in [-0.2, 0) is 10.4 Å². The van der Waals surface area contributed by atoms with E-state index in [0.717, 1.165) is 0 Å². The maximum absolute atomic E-state index is 2.29. The molecule has 0 radical (unpaired) electrons. The Hall–Kier alpha value is 1.31. The Morgan fingerprint density at radius 1 is 2.00 bits per heavy atom. The van der Waals surface area contributed by atoms with Gasteiger partial charge in [0, 0.05) is 0 Å². The fraction of sp³-hybridized carbons (Fsp3) is 1.00. The van der Waals surface area contributed by atoms with Crippen LogP contribution in [0, 0.1) is 0 Å². The van der Waals surface area contributed by atoms with Crippen LogP contribution in [0.5, 0.6) is 0 Å². The first-order valence-electron chi connectivity index (χ1n) is 1.16. The van der Waals surface area contributed by atoms with E-state index in [2.05, 4.69) is 28.2 Å². The molecule has 0 atom stereocenters. The van der Waals surface area contributed by atoms with Gasteiger partial charge in [-0.2, -0.15) is 0 Å². The second-order valence-corrected chi connectivity index (χ2v) is 5.82. The zero-order chi connectivity index (χ0) is 4.12. The molecule has 0 spiro atoms. The van der Waals surface area contributed by atoms with Crippen LogP contribution in [0.4, 0.5) is 0 Å². The normalized spacial score (nSPS) is 6.80. The van der Waals surface area contributed by atoms with E-state index in [1.54, 1.807) is 10.4 Å². The van der Waals surface area contributed by atoms with E-state index in [1.807, 2.05) is 6.82 Å². The molecule has 0 bridgehead atoms. The molecule has 0 aromatic rings. The molecule has 0 aliphatic carbocycles. The summed E-state index contributed by atoms with van der Waals surface area (Å²) in [4.78, 5) is 1.36. The summed E-state index contributed by atoms with van der Waals surface area (Å²) in [7, 11) is 1.80. The third-order valence-corrected chi connectivity index (χ3v) is 3.35. The molecule has 0 saturated carbocycles. The molecule has 0 amide bonds.